The van der Waals surface area contributed by atoms with Crippen molar-refractivity contribution < 1.29 is 62.3 Å². The molecule has 11 rings (SSSR count). The molecule has 1 aliphatic heterocycles. The van der Waals surface area contributed by atoms with Gasteiger partial charge in [0.15, 0.2) is 41.4 Å². The van der Waals surface area contributed by atoms with Gasteiger partial charge in [-0.05, 0) is 124 Å². The van der Waals surface area contributed by atoms with Crippen LogP contribution in [0, 0.1) is 69.0 Å². The highest BCUT2D eigenvalue weighted by molar-refractivity contribution is 6.29. The predicted molar refractivity (Wildman–Crippen MR) is 273 cm³/mol. The van der Waals surface area contributed by atoms with Gasteiger partial charge in [0.2, 0.25) is 11.5 Å². The van der Waals surface area contributed by atoms with Crippen LogP contribution in [0.25, 0.3) is 0 Å². The molecule has 7 saturated carbocycles. The van der Waals surface area contributed by atoms with Crippen molar-refractivity contribution >= 4 is 58.3 Å². The quantitative estimate of drug-likeness (QED) is 0.176. The number of aliphatic hydroxyl groups excluding tert-OH is 2. The van der Waals surface area contributed by atoms with Crippen LogP contribution in [0.1, 0.15) is 142 Å². The Kier molecular flexibility index (Phi) is 13.8. The number of aliphatic hydroxyl groups is 2. The molecular weight excluding hydrogens is 988 g/mol. The molecule has 1 saturated heterocycles. The van der Waals surface area contributed by atoms with Crippen LogP contribution in [0.3, 0.4) is 0 Å². The van der Waals surface area contributed by atoms with Crippen LogP contribution in [-0.2, 0) is 42.9 Å². The molecule has 0 bridgehead atoms. The highest BCUT2D eigenvalue weighted by atomic mass is 35.5. The third kappa shape index (κ3) is 7.63. The number of hydrogen-bond donors (Lipinski definition) is 2. The maximum absolute atomic E-state index is 14.2. The fraction of sp³-hybridized carbons (Fsp3) is 0.695. The first-order valence-corrected chi connectivity index (χ1v) is 28.2. The van der Waals surface area contributed by atoms with E-state index >= 15 is 0 Å². The van der Waals surface area contributed by atoms with E-state index in [9.17, 15) is 39.0 Å². The van der Waals surface area contributed by atoms with Crippen molar-refractivity contribution in [1.29, 1.82) is 0 Å². The molecule has 0 amide bonds. The molecule has 1 aromatic heterocycles. The Labute approximate surface area is 444 Å². The van der Waals surface area contributed by atoms with E-state index in [0.717, 1.165) is 49.7 Å². The number of allylic oxidation sites excluding steroid dienone is 8. The van der Waals surface area contributed by atoms with Crippen molar-refractivity contribution in [3.05, 3.63) is 71.8 Å². The number of carbonyl (C=O) groups excluding carboxylic acids is 6. The number of fused-ring (bicyclic) bond motifs is 12. The first-order chi connectivity index (χ1) is 35.0. The predicted octanol–water partition coefficient (Wildman–Crippen LogP) is 9.57. The Morgan fingerprint density at radius 3 is 2.20 bits per heavy atom. The summed E-state index contributed by atoms with van der Waals surface area (Å²) in [7, 11) is 0. The lowest BCUT2D eigenvalue weighted by Gasteiger charge is -2.64. The number of ether oxygens (including phenoxy) is 4. The molecule has 10 aliphatic rings. The van der Waals surface area contributed by atoms with Gasteiger partial charge in [0.25, 0.3) is 0 Å². The average Bonchev–Trinajstić information content (AvgIpc) is 4.14. The number of esters is 2. The van der Waals surface area contributed by atoms with Crippen molar-refractivity contribution in [3.8, 4) is 0 Å². The van der Waals surface area contributed by atoms with E-state index < -0.39 is 68.9 Å². The molecule has 1 unspecified atom stereocenters. The van der Waals surface area contributed by atoms with E-state index in [4.69, 9.17) is 46.6 Å². The number of ketones is 4. The highest BCUT2D eigenvalue weighted by Gasteiger charge is 2.78. The molecule has 402 valence electrons. The molecule has 0 radical (unpaired) electrons. The number of alkyl halides is 2. The average molecular weight is 1060 g/mol. The van der Waals surface area contributed by atoms with Gasteiger partial charge in [0.1, 0.15) is 0 Å². The second kappa shape index (κ2) is 19.0. The monoisotopic (exact) mass is 1060 g/mol. The fourth-order valence-corrected chi connectivity index (χ4v) is 18.4. The Hall–Kier alpha value is -3.72. The minimum absolute atomic E-state index is 0.00557. The van der Waals surface area contributed by atoms with E-state index in [-0.39, 0.29) is 101 Å². The molecule has 9 aliphatic carbocycles. The summed E-state index contributed by atoms with van der Waals surface area (Å²) in [5, 5.41) is 23.6. The zero-order valence-corrected chi connectivity index (χ0v) is 45.4. The maximum atomic E-state index is 14.2. The lowest BCUT2D eigenvalue weighted by Crippen LogP contribution is -2.69. The second-order valence-electron chi connectivity index (χ2n) is 24.9. The smallest absolute Gasteiger partial charge is 0.375 e. The second-order valence-corrected chi connectivity index (χ2v) is 25.8. The van der Waals surface area contributed by atoms with Gasteiger partial charge >= 0.3 is 11.9 Å². The summed E-state index contributed by atoms with van der Waals surface area (Å²) in [5.41, 5.74) is -3.39. The van der Waals surface area contributed by atoms with Gasteiger partial charge in [0.05, 0.1) is 41.2 Å². The standard InChI is InChI=1S/C32H44O7.C27H30Cl2O6/c1-18(2)28(36)37-17-25(35)32-26(38-29(39-32)19-8-6-5-7-9-19)15-23-22-11-10-20-14-21(33)12-13-30(20,3)27(22)24(34)16-31(23,32)4;1-15-11-19-18-7-6-16-12-17(30)8-9-24(16,2)26(18,29)21(31)13-25(19,3)27(15,22(32)14-28)35-23(33)20-5-4-10-34-20/h12-14,18-19,22-24,26-27,29,34H,5-11,15-17H2,1-4H3;4-5,8-10,12,15,18-19,21,31H,6-7,11,13-14H2,1-3H3/t22-,23-,24-,26+,27+,29?,30-,31-,32+;15-,18+,19+,21+,24+,25+,26+,27+/m01/s1. The Bertz CT molecular complexity index is 2590. The zero-order chi connectivity index (χ0) is 53.1. The number of halogens is 2. The Balaban J connectivity index is 0.000000170. The molecule has 0 aromatic carbocycles. The maximum Gasteiger partial charge on any atom is 0.375 e. The molecule has 2 N–H and O–H groups in total. The summed E-state index contributed by atoms with van der Waals surface area (Å²) in [6.07, 6.45) is 19.6. The zero-order valence-electron chi connectivity index (χ0n) is 43.9. The molecule has 1 aromatic rings. The van der Waals surface area contributed by atoms with Crippen molar-refractivity contribution in [1.82, 2.24) is 0 Å². The molecule has 15 heteroatoms. The minimum Gasteiger partial charge on any atom is -0.457 e. The van der Waals surface area contributed by atoms with Crippen LogP contribution in [0.2, 0.25) is 0 Å². The molecular formula is C59H74Cl2O13. The first kappa shape index (κ1) is 53.7. The number of hydrogen-bond acceptors (Lipinski definition) is 13. The third-order valence-electron chi connectivity index (χ3n) is 21.2. The number of carbonyl (C=O) groups is 6. The van der Waals surface area contributed by atoms with E-state index in [1.165, 1.54) is 24.8 Å². The van der Waals surface area contributed by atoms with Gasteiger partial charge in [-0.15, -0.1) is 23.2 Å². The minimum atomic E-state index is -1.53. The summed E-state index contributed by atoms with van der Waals surface area (Å²) >= 11 is 13.6. The van der Waals surface area contributed by atoms with Crippen molar-refractivity contribution in [2.45, 2.75) is 173 Å². The van der Waals surface area contributed by atoms with Gasteiger partial charge in [-0.3, -0.25) is 24.0 Å². The van der Waals surface area contributed by atoms with E-state index in [2.05, 4.69) is 13.8 Å². The van der Waals surface area contributed by atoms with E-state index in [1.54, 1.807) is 38.1 Å². The van der Waals surface area contributed by atoms with Gasteiger partial charge in [0, 0.05) is 39.4 Å². The molecule has 2 heterocycles. The molecule has 13 nitrogen and oxygen atoms in total. The van der Waals surface area contributed by atoms with Crippen molar-refractivity contribution in [3.63, 3.8) is 0 Å². The summed E-state index contributed by atoms with van der Waals surface area (Å²) < 4.78 is 30.4. The largest absolute Gasteiger partial charge is 0.457 e. The summed E-state index contributed by atoms with van der Waals surface area (Å²) in [6, 6.07) is 3.07. The van der Waals surface area contributed by atoms with E-state index in [0.29, 0.717) is 32.1 Å². The molecule has 8 fully saturated rings. The van der Waals surface area contributed by atoms with Gasteiger partial charge in [-0.2, -0.15) is 0 Å². The van der Waals surface area contributed by atoms with Crippen LogP contribution in [-0.4, -0.2) is 98.4 Å². The van der Waals surface area contributed by atoms with Crippen LogP contribution < -0.4 is 0 Å². The number of furan rings is 1. The summed E-state index contributed by atoms with van der Waals surface area (Å²) in [6.45, 7) is 13.3. The number of rotatable bonds is 9. The Morgan fingerprint density at radius 1 is 0.838 bits per heavy atom. The molecule has 0 spiro atoms. The van der Waals surface area contributed by atoms with Gasteiger partial charge < -0.3 is 33.6 Å². The highest BCUT2D eigenvalue weighted by Crippen LogP contribution is 2.73. The first-order valence-electron chi connectivity index (χ1n) is 27.3. The SMILES string of the molecule is CC(C)C(=O)OCC(=O)[C@@]12OC(C3CCCCC3)O[C@@H]1C[C@H]1[C@@H]3CCC4=CC(=O)C=C[C@]4(C)[C@H]3[C@@H](O)C[C@@]12C.C[C@@H]1C[C@H]2[C@@H]3CCC4=CC(=O)C=C[C@]4(C)[C@@]3(Cl)[C@@H](O)C[C@]2(C)[C@@]1(OC(=O)c1ccco1)C(=O)CCl. The van der Waals surface area contributed by atoms with Gasteiger partial charge in [-0.1, -0.05) is 91.0 Å². The molecule has 74 heavy (non-hydrogen) atoms. The van der Waals surface area contributed by atoms with Crippen LogP contribution in [0.4, 0.5) is 0 Å². The van der Waals surface area contributed by atoms with Gasteiger partial charge in [-0.25, -0.2) is 4.79 Å². The van der Waals surface area contributed by atoms with Crippen molar-refractivity contribution in [2.24, 2.45) is 69.0 Å². The number of Topliss-reactive ketones (excluding diaryl/α,β-unsaturated/α-hetero) is 2. The van der Waals surface area contributed by atoms with Crippen LogP contribution >= 0.6 is 23.2 Å². The normalized spacial score (nSPS) is 44.8. The lowest BCUT2D eigenvalue weighted by atomic mass is 9.45. The summed E-state index contributed by atoms with van der Waals surface area (Å²) in [5.74, 6) is -2.59. The third-order valence-corrected chi connectivity index (χ3v) is 22.4. The topological polar surface area (TPSA) is 193 Å². The molecule has 17 atom stereocenters. The lowest BCUT2D eigenvalue weighted by molar-refractivity contribution is -0.210. The van der Waals surface area contributed by atoms with Crippen LogP contribution in [0.5, 0.6) is 0 Å². The summed E-state index contributed by atoms with van der Waals surface area (Å²) in [4.78, 5) is 76.4. The van der Waals surface area contributed by atoms with Crippen LogP contribution in [0.15, 0.2) is 70.4 Å². The Morgan fingerprint density at radius 2 is 1.53 bits per heavy atom. The van der Waals surface area contributed by atoms with Crippen molar-refractivity contribution in [2.75, 3.05) is 12.5 Å². The van der Waals surface area contributed by atoms with E-state index in [1.807, 2.05) is 32.9 Å². The fourth-order valence-electron chi connectivity index (χ4n) is 17.7.